The van der Waals surface area contributed by atoms with Gasteiger partial charge >= 0.3 is 18.3 Å². The van der Waals surface area contributed by atoms with Crippen LogP contribution in [0.25, 0.3) is 0 Å². The molecule has 0 aromatic heterocycles. The number of halogens is 6. The molecular weight excluding hydrogens is 428 g/mol. The fraction of sp³-hybridized carbons (Fsp3) is 0.476. The Bertz CT molecular complexity index is 918. The number of aliphatic hydroxyl groups is 1. The SMILES string of the molecule is COC(=O)c1ccc2c(c1)CCN2CC1=CC=C(C(O)(C(F)(F)F)C(F)(F)F)CC1C. The summed E-state index contributed by atoms with van der Waals surface area (Å²) in [6.07, 6.45) is -9.73. The molecule has 0 saturated carbocycles. The maximum atomic E-state index is 13.1. The minimum absolute atomic E-state index is 0.311. The summed E-state index contributed by atoms with van der Waals surface area (Å²) in [5.74, 6) is -1.10. The molecule has 31 heavy (non-hydrogen) atoms. The van der Waals surface area contributed by atoms with Crippen LogP contribution in [0.5, 0.6) is 0 Å². The number of benzene rings is 1. The summed E-state index contributed by atoms with van der Waals surface area (Å²) in [5.41, 5.74) is -3.18. The van der Waals surface area contributed by atoms with Gasteiger partial charge in [0.2, 0.25) is 0 Å². The minimum Gasteiger partial charge on any atom is -0.465 e. The second-order valence-corrected chi connectivity index (χ2v) is 7.75. The van der Waals surface area contributed by atoms with Crippen molar-refractivity contribution < 1.29 is 41.0 Å². The number of esters is 1. The van der Waals surface area contributed by atoms with E-state index in [2.05, 4.69) is 0 Å². The fourth-order valence-corrected chi connectivity index (χ4v) is 4.00. The molecule has 170 valence electrons. The standard InChI is InChI=1S/C21H21F6NO3/c1-12-9-16(19(30,20(22,23)24)21(25,26)27)5-3-15(12)11-28-8-7-13-10-14(18(29)31-2)4-6-17(13)28/h3-6,10,12,30H,7-9,11H2,1-2H3. The molecule has 4 nitrogen and oxygen atoms in total. The maximum absolute atomic E-state index is 13.1. The number of nitrogens with zero attached hydrogens (tertiary/aromatic N) is 1. The predicted octanol–water partition coefficient (Wildman–Crippen LogP) is 4.58. The highest BCUT2D eigenvalue weighted by atomic mass is 19.4. The third-order valence-electron chi connectivity index (χ3n) is 5.81. The van der Waals surface area contributed by atoms with E-state index in [1.807, 2.05) is 4.90 Å². The van der Waals surface area contributed by atoms with Crippen molar-refractivity contribution in [2.24, 2.45) is 5.92 Å². The maximum Gasteiger partial charge on any atom is 0.430 e. The van der Waals surface area contributed by atoms with E-state index in [1.54, 1.807) is 18.2 Å². The van der Waals surface area contributed by atoms with Gasteiger partial charge in [0.1, 0.15) is 0 Å². The number of anilines is 1. The number of hydrogen-bond acceptors (Lipinski definition) is 4. The zero-order chi connectivity index (χ0) is 23.2. The van der Waals surface area contributed by atoms with Crippen LogP contribution in [0, 0.1) is 5.92 Å². The first kappa shape index (κ1) is 23.2. The molecule has 0 radical (unpaired) electrons. The molecule has 0 amide bonds. The first-order valence-electron chi connectivity index (χ1n) is 9.51. The Hall–Kier alpha value is -2.49. The van der Waals surface area contributed by atoms with Crippen molar-refractivity contribution in [3.63, 3.8) is 0 Å². The van der Waals surface area contributed by atoms with Crippen molar-refractivity contribution in [1.29, 1.82) is 0 Å². The van der Waals surface area contributed by atoms with Crippen LogP contribution in [-0.4, -0.2) is 49.2 Å². The zero-order valence-corrected chi connectivity index (χ0v) is 16.8. The van der Waals surface area contributed by atoms with Crippen LogP contribution in [0.15, 0.2) is 41.5 Å². The van der Waals surface area contributed by atoms with Crippen LogP contribution in [0.1, 0.15) is 29.3 Å². The van der Waals surface area contributed by atoms with E-state index < -0.39 is 41.8 Å². The topological polar surface area (TPSA) is 49.8 Å². The molecule has 3 rings (SSSR count). The van der Waals surface area contributed by atoms with E-state index >= 15 is 0 Å². The van der Waals surface area contributed by atoms with Gasteiger partial charge in [0, 0.05) is 18.8 Å². The first-order valence-corrected chi connectivity index (χ1v) is 9.51. The van der Waals surface area contributed by atoms with Crippen molar-refractivity contribution in [3.8, 4) is 0 Å². The largest absolute Gasteiger partial charge is 0.465 e. The Kier molecular flexibility index (Phi) is 5.90. The Balaban J connectivity index is 1.85. The Morgan fingerprint density at radius 2 is 1.81 bits per heavy atom. The quantitative estimate of drug-likeness (QED) is 0.540. The van der Waals surface area contributed by atoms with Gasteiger partial charge in [0.15, 0.2) is 0 Å². The highest BCUT2D eigenvalue weighted by molar-refractivity contribution is 5.90. The zero-order valence-electron chi connectivity index (χ0n) is 16.8. The van der Waals surface area contributed by atoms with Crippen molar-refractivity contribution >= 4 is 11.7 Å². The second kappa shape index (κ2) is 7.89. The molecular formula is C21H21F6NO3. The van der Waals surface area contributed by atoms with Crippen molar-refractivity contribution in [3.05, 3.63) is 52.6 Å². The third-order valence-corrected chi connectivity index (χ3v) is 5.81. The van der Waals surface area contributed by atoms with Gasteiger partial charge in [-0.2, -0.15) is 26.3 Å². The van der Waals surface area contributed by atoms with Crippen molar-refractivity contribution in [1.82, 2.24) is 0 Å². The van der Waals surface area contributed by atoms with Crippen LogP contribution in [0.3, 0.4) is 0 Å². The van der Waals surface area contributed by atoms with Crippen LogP contribution in [0.4, 0.5) is 32.0 Å². The molecule has 0 bridgehead atoms. The van der Waals surface area contributed by atoms with Gasteiger partial charge in [-0.15, -0.1) is 0 Å². The summed E-state index contributed by atoms with van der Waals surface area (Å²) in [6.45, 7) is 2.44. The summed E-state index contributed by atoms with van der Waals surface area (Å²) in [5, 5.41) is 9.62. The van der Waals surface area contributed by atoms with Gasteiger partial charge in [-0.25, -0.2) is 4.79 Å². The predicted molar refractivity (Wildman–Crippen MR) is 101 cm³/mol. The minimum atomic E-state index is -5.88. The Morgan fingerprint density at radius 3 is 2.35 bits per heavy atom. The number of ether oxygens (including phenoxy) is 1. The molecule has 10 heteroatoms. The Morgan fingerprint density at radius 1 is 1.16 bits per heavy atom. The molecule has 1 aliphatic heterocycles. The molecule has 1 unspecified atom stereocenters. The fourth-order valence-electron chi connectivity index (χ4n) is 4.00. The summed E-state index contributed by atoms with van der Waals surface area (Å²) in [7, 11) is 1.28. The number of methoxy groups -OCH3 is 1. The third kappa shape index (κ3) is 4.05. The molecule has 1 aliphatic carbocycles. The average Bonchev–Trinajstić information content (AvgIpc) is 3.08. The first-order chi connectivity index (χ1) is 14.3. The molecule has 1 atom stereocenters. The van der Waals surface area contributed by atoms with Gasteiger partial charge < -0.3 is 14.7 Å². The van der Waals surface area contributed by atoms with E-state index in [-0.39, 0.29) is 0 Å². The number of fused-ring (bicyclic) bond motifs is 1. The van der Waals surface area contributed by atoms with Gasteiger partial charge in [-0.05, 0) is 53.7 Å². The lowest BCUT2D eigenvalue weighted by Crippen LogP contribution is -2.58. The van der Waals surface area contributed by atoms with Crippen LogP contribution in [-0.2, 0) is 11.2 Å². The Labute approximate surface area is 174 Å². The summed E-state index contributed by atoms with van der Waals surface area (Å²) < 4.78 is 83.6. The molecule has 2 aliphatic rings. The number of allylic oxidation sites excluding steroid dienone is 2. The van der Waals surface area contributed by atoms with Gasteiger partial charge in [0.25, 0.3) is 5.60 Å². The smallest absolute Gasteiger partial charge is 0.430 e. The van der Waals surface area contributed by atoms with Gasteiger partial charge in [-0.3, -0.25) is 0 Å². The second-order valence-electron chi connectivity index (χ2n) is 7.75. The number of hydrogen-bond donors (Lipinski definition) is 1. The number of rotatable bonds is 4. The molecule has 0 fully saturated rings. The normalized spacial score (nSPS) is 19.6. The highest BCUT2D eigenvalue weighted by Crippen LogP contribution is 2.50. The molecule has 1 aromatic carbocycles. The molecule has 0 spiro atoms. The lowest BCUT2D eigenvalue weighted by atomic mass is 9.79. The monoisotopic (exact) mass is 449 g/mol. The van der Waals surface area contributed by atoms with Crippen LogP contribution < -0.4 is 4.90 Å². The summed E-state index contributed by atoms with van der Waals surface area (Å²) in [4.78, 5) is 13.6. The van der Waals surface area contributed by atoms with E-state index in [4.69, 9.17) is 4.74 Å². The van der Waals surface area contributed by atoms with Crippen LogP contribution >= 0.6 is 0 Å². The van der Waals surface area contributed by atoms with E-state index in [9.17, 15) is 36.2 Å². The molecule has 1 N–H and O–H groups in total. The van der Waals surface area contributed by atoms with Crippen molar-refractivity contribution in [2.45, 2.75) is 37.7 Å². The van der Waals surface area contributed by atoms with Crippen LogP contribution in [0.2, 0.25) is 0 Å². The molecule has 0 saturated heterocycles. The number of carbonyl (C=O) groups excluding carboxylic acids is 1. The average molecular weight is 449 g/mol. The lowest BCUT2D eigenvalue weighted by Gasteiger charge is -2.37. The number of carbonyl (C=O) groups is 1. The van der Waals surface area contributed by atoms with Gasteiger partial charge in [0.05, 0.1) is 12.7 Å². The van der Waals surface area contributed by atoms with E-state index in [0.717, 1.165) is 17.3 Å². The molecule has 1 heterocycles. The molecule has 1 aromatic rings. The van der Waals surface area contributed by atoms with E-state index in [0.29, 0.717) is 30.6 Å². The van der Waals surface area contributed by atoms with Crippen molar-refractivity contribution in [2.75, 3.05) is 25.1 Å². The highest BCUT2D eigenvalue weighted by Gasteiger charge is 2.72. The lowest BCUT2D eigenvalue weighted by molar-refractivity contribution is -0.353. The number of alkyl halides is 6. The summed E-state index contributed by atoms with van der Waals surface area (Å²) in [6, 6.07) is 5.06. The summed E-state index contributed by atoms with van der Waals surface area (Å²) >= 11 is 0. The van der Waals surface area contributed by atoms with Gasteiger partial charge in [-0.1, -0.05) is 19.1 Å². The van der Waals surface area contributed by atoms with E-state index in [1.165, 1.54) is 20.1 Å².